The third-order valence-electron chi connectivity index (χ3n) is 2.67. The third kappa shape index (κ3) is 4.48. The van der Waals surface area contributed by atoms with Crippen LogP contribution < -0.4 is 10.6 Å². The van der Waals surface area contributed by atoms with Crippen molar-refractivity contribution < 1.29 is 4.79 Å². The van der Waals surface area contributed by atoms with Crippen molar-refractivity contribution in [3.63, 3.8) is 0 Å². The van der Waals surface area contributed by atoms with Crippen LogP contribution in [0.25, 0.3) is 0 Å². The molecule has 0 atom stereocenters. The number of benzene rings is 2. The number of hydrogen-bond donors (Lipinski definition) is 2. The Kier molecular flexibility index (Phi) is 5.20. The fourth-order valence-electron chi connectivity index (χ4n) is 1.67. The highest BCUT2D eigenvalue weighted by Gasteiger charge is 2.06. The number of rotatable bonds is 4. The molecule has 0 bridgehead atoms. The van der Waals surface area contributed by atoms with Crippen LogP contribution >= 0.6 is 27.5 Å². The summed E-state index contributed by atoms with van der Waals surface area (Å²) < 4.78 is 0.835. The Morgan fingerprint density at radius 2 is 1.95 bits per heavy atom. The summed E-state index contributed by atoms with van der Waals surface area (Å²) in [6.45, 7) is 0.0633. The minimum atomic E-state index is -0.207. The zero-order valence-electron chi connectivity index (χ0n) is 10.9. The molecule has 0 aliphatic heterocycles. The lowest BCUT2D eigenvalue weighted by Crippen LogP contribution is -2.22. The van der Waals surface area contributed by atoms with Gasteiger partial charge >= 0.3 is 0 Å². The first-order valence-electron chi connectivity index (χ1n) is 6.07. The molecule has 0 aliphatic rings. The van der Waals surface area contributed by atoms with Crippen molar-refractivity contribution in [2.24, 2.45) is 0 Å². The second-order valence-electron chi connectivity index (χ2n) is 4.21. The minimum Gasteiger partial charge on any atom is -0.375 e. The third-order valence-corrected chi connectivity index (χ3v) is 3.41. The van der Waals surface area contributed by atoms with Gasteiger partial charge in [0.2, 0.25) is 5.91 Å². The molecule has 2 N–H and O–H groups in total. The molecule has 2 rings (SSSR count). The summed E-state index contributed by atoms with van der Waals surface area (Å²) in [5.41, 5.74) is 1.76. The molecule has 1 amide bonds. The highest BCUT2D eigenvalue weighted by atomic mass is 79.9. The average Bonchev–Trinajstić information content (AvgIpc) is 2.48. The Balaban J connectivity index is 1.97. The van der Waals surface area contributed by atoms with E-state index in [-0.39, 0.29) is 12.5 Å². The van der Waals surface area contributed by atoms with Gasteiger partial charge < -0.3 is 10.6 Å². The molecule has 21 heavy (non-hydrogen) atoms. The van der Waals surface area contributed by atoms with E-state index in [1.165, 1.54) is 0 Å². The molecule has 0 saturated heterocycles. The smallest absolute Gasteiger partial charge is 0.243 e. The van der Waals surface area contributed by atoms with Crippen molar-refractivity contribution >= 4 is 44.8 Å². The molecule has 0 spiro atoms. The van der Waals surface area contributed by atoms with Crippen LogP contribution in [0, 0.1) is 11.3 Å². The molecular formula is C15H11BrClN3O. The number of hydrogen-bond acceptors (Lipinski definition) is 3. The summed E-state index contributed by atoms with van der Waals surface area (Å²) >= 11 is 9.11. The maximum atomic E-state index is 11.9. The van der Waals surface area contributed by atoms with Gasteiger partial charge in [-0.25, -0.2) is 0 Å². The zero-order valence-corrected chi connectivity index (χ0v) is 13.2. The van der Waals surface area contributed by atoms with E-state index in [0.717, 1.165) is 4.47 Å². The monoisotopic (exact) mass is 363 g/mol. The Labute approximate surface area is 135 Å². The largest absolute Gasteiger partial charge is 0.375 e. The van der Waals surface area contributed by atoms with Gasteiger partial charge in [-0.15, -0.1) is 0 Å². The van der Waals surface area contributed by atoms with E-state index >= 15 is 0 Å². The Hall–Kier alpha value is -2.03. The van der Waals surface area contributed by atoms with Gasteiger partial charge in [0.15, 0.2) is 0 Å². The van der Waals surface area contributed by atoms with Crippen molar-refractivity contribution in [3.8, 4) is 6.07 Å². The van der Waals surface area contributed by atoms with Gasteiger partial charge in [-0.05, 0) is 42.5 Å². The fourth-order valence-corrected chi connectivity index (χ4v) is 2.16. The molecule has 0 unspecified atom stereocenters. The molecule has 4 nitrogen and oxygen atoms in total. The molecule has 0 radical (unpaired) electrons. The van der Waals surface area contributed by atoms with Gasteiger partial charge in [-0.1, -0.05) is 27.5 Å². The van der Waals surface area contributed by atoms with Gasteiger partial charge in [0, 0.05) is 15.2 Å². The lowest BCUT2D eigenvalue weighted by atomic mass is 10.2. The molecule has 0 heterocycles. The van der Waals surface area contributed by atoms with Crippen LogP contribution in [-0.2, 0) is 4.79 Å². The van der Waals surface area contributed by atoms with E-state index in [9.17, 15) is 4.79 Å². The number of nitrogens with zero attached hydrogens (tertiary/aromatic N) is 1. The molecule has 0 fully saturated rings. The maximum absolute atomic E-state index is 11.9. The predicted octanol–water partition coefficient (Wildman–Crippen LogP) is 4.02. The molecule has 0 aliphatic carbocycles. The second-order valence-corrected chi connectivity index (χ2v) is 5.56. The highest BCUT2D eigenvalue weighted by molar-refractivity contribution is 9.10. The molecule has 0 aromatic heterocycles. The second kappa shape index (κ2) is 7.11. The highest BCUT2D eigenvalue weighted by Crippen LogP contribution is 2.20. The van der Waals surface area contributed by atoms with Crippen molar-refractivity contribution in [3.05, 3.63) is 57.5 Å². The summed E-state index contributed by atoms with van der Waals surface area (Å²) in [6.07, 6.45) is 0. The molecule has 2 aromatic rings. The van der Waals surface area contributed by atoms with E-state index < -0.39 is 0 Å². The maximum Gasteiger partial charge on any atom is 0.243 e. The Bertz CT molecular complexity index is 695. The van der Waals surface area contributed by atoms with Gasteiger partial charge in [-0.3, -0.25) is 4.79 Å². The van der Waals surface area contributed by atoms with E-state index in [2.05, 4.69) is 32.6 Å². The van der Waals surface area contributed by atoms with Crippen LogP contribution in [0.15, 0.2) is 46.9 Å². The molecule has 0 saturated carbocycles. The van der Waals surface area contributed by atoms with E-state index in [1.54, 1.807) is 42.5 Å². The first kappa shape index (κ1) is 15.4. The quantitative estimate of drug-likeness (QED) is 0.861. The van der Waals surface area contributed by atoms with Gasteiger partial charge in [0.1, 0.15) is 6.07 Å². The van der Waals surface area contributed by atoms with Gasteiger partial charge in [0.25, 0.3) is 0 Å². The zero-order chi connectivity index (χ0) is 15.2. The van der Waals surface area contributed by atoms with Crippen LogP contribution in [0.2, 0.25) is 5.02 Å². The van der Waals surface area contributed by atoms with Crippen LogP contribution in [0.1, 0.15) is 5.56 Å². The standard InChI is InChI=1S/C15H11BrClN3O/c16-11-2-1-10(8-18)14(7-11)19-9-15(21)20-13-5-3-12(17)4-6-13/h1-7,19H,9H2,(H,20,21). The normalized spacial score (nSPS) is 9.76. The summed E-state index contributed by atoms with van der Waals surface area (Å²) in [7, 11) is 0. The summed E-state index contributed by atoms with van der Waals surface area (Å²) in [5.74, 6) is -0.207. The number of carbonyl (C=O) groups excluding carboxylic acids is 1. The van der Waals surface area contributed by atoms with Crippen LogP contribution in [-0.4, -0.2) is 12.5 Å². The van der Waals surface area contributed by atoms with Gasteiger partial charge in [-0.2, -0.15) is 5.26 Å². The Morgan fingerprint density at radius 3 is 2.62 bits per heavy atom. The summed E-state index contributed by atoms with van der Waals surface area (Å²) in [4.78, 5) is 11.9. The van der Waals surface area contributed by atoms with Gasteiger partial charge in [0.05, 0.1) is 17.8 Å². The van der Waals surface area contributed by atoms with Crippen molar-refractivity contribution in [1.82, 2.24) is 0 Å². The molecule has 6 heteroatoms. The summed E-state index contributed by atoms with van der Waals surface area (Å²) in [6, 6.07) is 14.1. The van der Waals surface area contributed by atoms with E-state index in [4.69, 9.17) is 16.9 Å². The number of nitrogens with one attached hydrogen (secondary N) is 2. The topological polar surface area (TPSA) is 64.9 Å². The van der Waals surface area contributed by atoms with Crippen LogP contribution in [0.5, 0.6) is 0 Å². The fraction of sp³-hybridized carbons (Fsp3) is 0.0667. The Morgan fingerprint density at radius 1 is 1.24 bits per heavy atom. The predicted molar refractivity (Wildman–Crippen MR) is 87.4 cm³/mol. The number of anilines is 2. The number of halogens is 2. The van der Waals surface area contributed by atoms with Crippen molar-refractivity contribution in [1.29, 1.82) is 5.26 Å². The lowest BCUT2D eigenvalue weighted by molar-refractivity contribution is -0.114. The van der Waals surface area contributed by atoms with Crippen LogP contribution in [0.3, 0.4) is 0 Å². The minimum absolute atomic E-state index is 0.0633. The lowest BCUT2D eigenvalue weighted by Gasteiger charge is -2.09. The SMILES string of the molecule is N#Cc1ccc(Br)cc1NCC(=O)Nc1ccc(Cl)cc1. The number of amides is 1. The number of nitriles is 1. The molecular weight excluding hydrogens is 354 g/mol. The molecule has 2 aromatic carbocycles. The average molecular weight is 365 g/mol. The molecule has 106 valence electrons. The van der Waals surface area contributed by atoms with E-state index in [1.807, 2.05) is 0 Å². The van der Waals surface area contributed by atoms with E-state index in [0.29, 0.717) is 22.0 Å². The summed E-state index contributed by atoms with van der Waals surface area (Å²) in [5, 5.41) is 15.3. The first-order chi connectivity index (χ1) is 10.1. The van der Waals surface area contributed by atoms with Crippen LogP contribution in [0.4, 0.5) is 11.4 Å². The van der Waals surface area contributed by atoms with Crippen molar-refractivity contribution in [2.75, 3.05) is 17.2 Å². The first-order valence-corrected chi connectivity index (χ1v) is 7.24. The number of carbonyl (C=O) groups is 1. The van der Waals surface area contributed by atoms with Crippen molar-refractivity contribution in [2.45, 2.75) is 0 Å².